The van der Waals surface area contributed by atoms with E-state index < -0.39 is 11.7 Å². The minimum absolute atomic E-state index is 0.216. The maximum Gasteiger partial charge on any atom is 0.416 e. The van der Waals surface area contributed by atoms with Crippen molar-refractivity contribution in [1.82, 2.24) is 9.97 Å². The van der Waals surface area contributed by atoms with Crippen LogP contribution in [-0.2, 0) is 11.0 Å². The summed E-state index contributed by atoms with van der Waals surface area (Å²) >= 11 is 0. The predicted octanol–water partition coefficient (Wildman–Crippen LogP) is 4.28. The van der Waals surface area contributed by atoms with Gasteiger partial charge in [0, 0.05) is 23.4 Å². The molecule has 2 heterocycles. The fourth-order valence-corrected chi connectivity index (χ4v) is 2.37. The average molecular weight is 328 g/mol. The van der Waals surface area contributed by atoms with E-state index in [1.165, 1.54) is 12.1 Å². The zero-order chi connectivity index (χ0) is 17.2. The molecule has 0 N–H and O–H groups in total. The molecule has 0 aliphatic heterocycles. The number of nitrogens with zero attached hydrogens (tertiary/aromatic N) is 2. The molecule has 0 unspecified atom stereocenters. The Morgan fingerprint density at radius 3 is 2.38 bits per heavy atom. The monoisotopic (exact) mass is 328 g/mol. The molecule has 0 saturated carbocycles. The van der Waals surface area contributed by atoms with Gasteiger partial charge in [-0.3, -0.25) is 9.78 Å². The summed E-state index contributed by atoms with van der Waals surface area (Å²) in [5.74, 6) is 0. The summed E-state index contributed by atoms with van der Waals surface area (Å²) in [6, 6.07) is 10.2. The second-order valence-corrected chi connectivity index (χ2v) is 5.05. The molecule has 6 heteroatoms. The van der Waals surface area contributed by atoms with Crippen molar-refractivity contribution in [2.45, 2.75) is 6.18 Å². The number of allylic oxidation sites excluding steroid dienone is 1. The van der Waals surface area contributed by atoms with E-state index in [1.807, 2.05) is 0 Å². The van der Waals surface area contributed by atoms with Gasteiger partial charge in [0.15, 0.2) is 0 Å². The van der Waals surface area contributed by atoms with Crippen LogP contribution < -0.4 is 0 Å². The number of carbonyl (C=O) groups is 1. The number of halogens is 3. The van der Waals surface area contributed by atoms with Crippen LogP contribution in [0.2, 0.25) is 0 Å². The van der Waals surface area contributed by atoms with Crippen LogP contribution >= 0.6 is 0 Å². The molecule has 0 bridgehead atoms. The van der Waals surface area contributed by atoms with E-state index in [0.29, 0.717) is 28.5 Å². The number of fused-ring (bicyclic) bond motifs is 1. The molecule has 24 heavy (non-hydrogen) atoms. The Kier molecular flexibility index (Phi) is 4.12. The maximum absolute atomic E-state index is 12.9. The Bertz CT molecular complexity index is 918. The summed E-state index contributed by atoms with van der Waals surface area (Å²) in [7, 11) is 0. The normalized spacial score (nSPS) is 12.4. The van der Waals surface area contributed by atoms with E-state index in [2.05, 4.69) is 9.97 Å². The summed E-state index contributed by atoms with van der Waals surface area (Å²) in [6.45, 7) is 0. The third-order valence-corrected chi connectivity index (χ3v) is 3.52. The lowest BCUT2D eigenvalue weighted by atomic mass is 10.0. The first-order valence-electron chi connectivity index (χ1n) is 7.03. The predicted molar refractivity (Wildman–Crippen MR) is 84.1 cm³/mol. The molecule has 0 saturated heterocycles. The molecular weight excluding hydrogens is 317 g/mol. The van der Waals surface area contributed by atoms with E-state index in [1.54, 1.807) is 36.7 Å². The summed E-state index contributed by atoms with van der Waals surface area (Å²) in [5.41, 5.74) is 1.10. The lowest BCUT2D eigenvalue weighted by Crippen LogP contribution is -2.04. The number of hydrogen-bond acceptors (Lipinski definition) is 3. The van der Waals surface area contributed by atoms with Crippen LogP contribution in [0.15, 0.2) is 60.9 Å². The van der Waals surface area contributed by atoms with Gasteiger partial charge < -0.3 is 0 Å². The molecule has 0 aliphatic rings. The van der Waals surface area contributed by atoms with Crippen LogP contribution in [0.5, 0.6) is 0 Å². The Labute approximate surface area is 135 Å². The van der Waals surface area contributed by atoms with Crippen LogP contribution in [0.1, 0.15) is 16.8 Å². The first-order chi connectivity index (χ1) is 11.5. The Hall–Kier alpha value is -3.02. The molecule has 2 aromatic heterocycles. The van der Waals surface area contributed by atoms with Gasteiger partial charge >= 0.3 is 6.18 Å². The number of benzene rings is 1. The highest BCUT2D eigenvalue weighted by atomic mass is 19.4. The van der Waals surface area contributed by atoms with Crippen molar-refractivity contribution in [2.75, 3.05) is 0 Å². The molecule has 0 radical (unpaired) electrons. The van der Waals surface area contributed by atoms with Crippen molar-refractivity contribution in [3.8, 4) is 0 Å². The SMILES string of the molecule is O=CC=C(c1ccncc1)c1ccc2ccc(C(F)(F)F)cc2n1. The van der Waals surface area contributed by atoms with Crippen molar-refractivity contribution < 1.29 is 18.0 Å². The third-order valence-electron chi connectivity index (χ3n) is 3.52. The molecule has 3 aromatic rings. The Morgan fingerprint density at radius 2 is 1.71 bits per heavy atom. The van der Waals surface area contributed by atoms with E-state index in [-0.39, 0.29) is 5.52 Å². The molecule has 3 rings (SSSR count). The summed E-state index contributed by atoms with van der Waals surface area (Å²) in [6.07, 6.45) is 0.650. The number of rotatable bonds is 3. The van der Waals surface area contributed by atoms with Gasteiger partial charge in [-0.15, -0.1) is 0 Å². The Balaban J connectivity index is 2.15. The van der Waals surface area contributed by atoms with E-state index >= 15 is 0 Å². The number of aromatic nitrogens is 2. The van der Waals surface area contributed by atoms with Crippen LogP contribution in [0.3, 0.4) is 0 Å². The number of hydrogen-bond donors (Lipinski definition) is 0. The molecule has 120 valence electrons. The average Bonchev–Trinajstić information content (AvgIpc) is 2.58. The van der Waals surface area contributed by atoms with E-state index in [0.717, 1.165) is 12.1 Å². The largest absolute Gasteiger partial charge is 0.416 e. The van der Waals surface area contributed by atoms with Gasteiger partial charge in [0.1, 0.15) is 6.29 Å². The molecular formula is C18H11F3N2O. The molecule has 0 fully saturated rings. The number of alkyl halides is 3. The van der Waals surface area contributed by atoms with Crippen LogP contribution in [0.4, 0.5) is 13.2 Å². The molecule has 3 nitrogen and oxygen atoms in total. The lowest BCUT2D eigenvalue weighted by Gasteiger charge is -2.10. The number of pyridine rings is 2. The highest BCUT2D eigenvalue weighted by molar-refractivity contribution is 5.90. The number of carbonyl (C=O) groups excluding carboxylic acids is 1. The molecule has 1 aromatic carbocycles. The standard InChI is InChI=1S/C18H11F3N2O/c19-18(20,21)14-3-1-13-2-4-16(23-17(13)11-14)15(7-10-24)12-5-8-22-9-6-12/h1-11H. The highest BCUT2D eigenvalue weighted by Crippen LogP contribution is 2.31. The topological polar surface area (TPSA) is 42.9 Å². The fraction of sp³-hybridized carbons (Fsp3) is 0.0556. The molecule has 0 amide bonds. The van der Waals surface area contributed by atoms with Gasteiger partial charge in [-0.25, -0.2) is 4.98 Å². The van der Waals surface area contributed by atoms with Gasteiger partial charge in [-0.1, -0.05) is 12.1 Å². The van der Waals surface area contributed by atoms with E-state index in [9.17, 15) is 18.0 Å². The fourth-order valence-electron chi connectivity index (χ4n) is 2.37. The van der Waals surface area contributed by atoms with Crippen molar-refractivity contribution in [3.63, 3.8) is 0 Å². The Morgan fingerprint density at radius 1 is 1.00 bits per heavy atom. The smallest absolute Gasteiger partial charge is 0.299 e. The van der Waals surface area contributed by atoms with Crippen molar-refractivity contribution >= 4 is 22.8 Å². The van der Waals surface area contributed by atoms with Gasteiger partial charge in [0.25, 0.3) is 0 Å². The van der Waals surface area contributed by atoms with Crippen molar-refractivity contribution in [2.24, 2.45) is 0 Å². The number of aldehydes is 1. The van der Waals surface area contributed by atoms with Crippen LogP contribution in [0, 0.1) is 0 Å². The minimum atomic E-state index is -4.43. The van der Waals surface area contributed by atoms with Gasteiger partial charge in [-0.05, 0) is 42.0 Å². The van der Waals surface area contributed by atoms with Crippen molar-refractivity contribution in [1.29, 1.82) is 0 Å². The summed E-state index contributed by atoms with van der Waals surface area (Å²) in [5, 5.41) is 0.590. The molecule has 0 atom stereocenters. The molecule has 0 spiro atoms. The summed E-state index contributed by atoms with van der Waals surface area (Å²) < 4.78 is 38.6. The second kappa shape index (κ2) is 6.23. The quantitative estimate of drug-likeness (QED) is 0.532. The zero-order valence-electron chi connectivity index (χ0n) is 12.3. The molecule has 0 aliphatic carbocycles. The minimum Gasteiger partial charge on any atom is -0.299 e. The third kappa shape index (κ3) is 3.17. The van der Waals surface area contributed by atoms with Gasteiger partial charge in [0.2, 0.25) is 0 Å². The first-order valence-corrected chi connectivity index (χ1v) is 7.03. The highest BCUT2D eigenvalue weighted by Gasteiger charge is 2.30. The lowest BCUT2D eigenvalue weighted by molar-refractivity contribution is -0.137. The van der Waals surface area contributed by atoms with Gasteiger partial charge in [0.05, 0.1) is 16.8 Å². The first kappa shape index (κ1) is 15.9. The summed E-state index contributed by atoms with van der Waals surface area (Å²) in [4.78, 5) is 19.1. The van der Waals surface area contributed by atoms with Crippen LogP contribution in [-0.4, -0.2) is 16.3 Å². The maximum atomic E-state index is 12.9. The van der Waals surface area contributed by atoms with Gasteiger partial charge in [-0.2, -0.15) is 13.2 Å². The second-order valence-electron chi connectivity index (χ2n) is 5.05. The van der Waals surface area contributed by atoms with Crippen molar-refractivity contribution in [3.05, 3.63) is 77.8 Å². The zero-order valence-corrected chi connectivity index (χ0v) is 12.3. The van der Waals surface area contributed by atoms with E-state index in [4.69, 9.17) is 0 Å². The van der Waals surface area contributed by atoms with Crippen LogP contribution in [0.25, 0.3) is 16.5 Å².